The Morgan fingerprint density at radius 1 is 1.41 bits per heavy atom. The first-order chi connectivity index (χ1) is 8.02. The number of hydrogen-bond acceptors (Lipinski definition) is 4. The molecule has 0 bridgehead atoms. The van der Waals surface area contributed by atoms with Gasteiger partial charge in [-0.05, 0) is 26.8 Å². The molecule has 0 spiro atoms. The van der Waals surface area contributed by atoms with Gasteiger partial charge >= 0.3 is 0 Å². The normalized spacial score (nSPS) is 12.8. The van der Waals surface area contributed by atoms with E-state index < -0.39 is 6.10 Å². The Bertz CT molecular complexity index is 340. The van der Waals surface area contributed by atoms with E-state index in [2.05, 4.69) is 4.98 Å². The third-order valence-corrected chi connectivity index (χ3v) is 2.51. The fraction of sp³-hybridized carbons (Fsp3) is 0.615. The number of aliphatic hydroxyl groups is 1. The van der Waals surface area contributed by atoms with E-state index in [1.165, 1.54) is 0 Å². The van der Waals surface area contributed by atoms with Crippen LogP contribution >= 0.6 is 0 Å². The minimum Gasteiger partial charge on any atom is -0.389 e. The van der Waals surface area contributed by atoms with Crippen LogP contribution in [0.1, 0.15) is 32.4 Å². The zero-order valence-corrected chi connectivity index (χ0v) is 11.1. The Morgan fingerprint density at radius 2 is 2.12 bits per heavy atom. The van der Waals surface area contributed by atoms with Gasteiger partial charge in [0.2, 0.25) is 0 Å². The molecule has 1 unspecified atom stereocenters. The highest BCUT2D eigenvalue weighted by Gasteiger charge is 2.12. The summed E-state index contributed by atoms with van der Waals surface area (Å²) in [6.07, 6.45) is 1.47. The highest BCUT2D eigenvalue weighted by molar-refractivity contribution is 5.46. The van der Waals surface area contributed by atoms with Crippen LogP contribution in [0.25, 0.3) is 0 Å². The van der Waals surface area contributed by atoms with Crippen molar-refractivity contribution in [2.45, 2.75) is 33.0 Å². The lowest BCUT2D eigenvalue weighted by Gasteiger charge is -2.22. The average molecular weight is 238 g/mol. The van der Waals surface area contributed by atoms with Crippen LogP contribution in [-0.2, 0) is 4.74 Å². The summed E-state index contributed by atoms with van der Waals surface area (Å²) in [5.41, 5.74) is 0.847. The highest BCUT2D eigenvalue weighted by atomic mass is 16.5. The molecular weight excluding hydrogens is 216 g/mol. The molecule has 1 N–H and O–H groups in total. The van der Waals surface area contributed by atoms with E-state index >= 15 is 0 Å². The van der Waals surface area contributed by atoms with Gasteiger partial charge in [0, 0.05) is 25.4 Å². The Kier molecular flexibility index (Phi) is 5.38. The van der Waals surface area contributed by atoms with E-state index in [4.69, 9.17) is 4.74 Å². The van der Waals surface area contributed by atoms with Crippen LogP contribution in [-0.4, -0.2) is 36.4 Å². The number of ether oxygens (including phenoxy) is 1. The summed E-state index contributed by atoms with van der Waals surface area (Å²) in [7, 11) is 1.96. The predicted octanol–water partition coefficient (Wildman–Crippen LogP) is 2.00. The van der Waals surface area contributed by atoms with Crippen LogP contribution in [0.5, 0.6) is 0 Å². The van der Waals surface area contributed by atoms with Crippen molar-refractivity contribution in [1.29, 1.82) is 0 Å². The first-order valence-corrected chi connectivity index (χ1v) is 5.98. The maximum Gasteiger partial charge on any atom is 0.134 e. The fourth-order valence-electron chi connectivity index (χ4n) is 1.59. The largest absolute Gasteiger partial charge is 0.389 e. The maximum atomic E-state index is 9.67. The molecule has 0 fully saturated rings. The molecule has 4 heteroatoms. The molecule has 1 aromatic rings. The predicted molar refractivity (Wildman–Crippen MR) is 69.2 cm³/mol. The Morgan fingerprint density at radius 3 is 2.71 bits per heavy atom. The van der Waals surface area contributed by atoms with Crippen LogP contribution in [0.2, 0.25) is 0 Å². The van der Waals surface area contributed by atoms with Crippen molar-refractivity contribution in [3.63, 3.8) is 0 Å². The van der Waals surface area contributed by atoms with Crippen molar-refractivity contribution in [2.75, 3.05) is 25.1 Å². The van der Waals surface area contributed by atoms with Crippen LogP contribution in [0.4, 0.5) is 5.82 Å². The van der Waals surface area contributed by atoms with Gasteiger partial charge in [-0.15, -0.1) is 0 Å². The first kappa shape index (κ1) is 13.9. The molecule has 0 aliphatic carbocycles. The molecule has 17 heavy (non-hydrogen) atoms. The van der Waals surface area contributed by atoms with Crippen molar-refractivity contribution in [3.8, 4) is 0 Å². The minimum absolute atomic E-state index is 0.239. The second kappa shape index (κ2) is 6.57. The lowest BCUT2D eigenvalue weighted by atomic mass is 10.1. The molecule has 0 amide bonds. The van der Waals surface area contributed by atoms with Gasteiger partial charge < -0.3 is 14.7 Å². The topological polar surface area (TPSA) is 45.6 Å². The van der Waals surface area contributed by atoms with Crippen molar-refractivity contribution >= 4 is 5.82 Å². The summed E-state index contributed by atoms with van der Waals surface area (Å²) in [6, 6.07) is 3.73. The summed E-state index contributed by atoms with van der Waals surface area (Å²) in [5.74, 6) is 0.815. The van der Waals surface area contributed by atoms with Crippen molar-refractivity contribution in [3.05, 3.63) is 23.9 Å². The molecule has 0 aromatic carbocycles. The second-order valence-corrected chi connectivity index (χ2v) is 4.43. The number of nitrogens with zero attached hydrogens (tertiary/aromatic N) is 2. The molecule has 1 rings (SSSR count). The SMILES string of the molecule is CC(C)OCCN(C)c1ncccc1C(C)O. The van der Waals surface area contributed by atoms with Gasteiger partial charge in [-0.2, -0.15) is 0 Å². The molecule has 1 atom stereocenters. The molecule has 0 aliphatic rings. The molecular formula is C13H22N2O2. The van der Waals surface area contributed by atoms with Crippen LogP contribution in [0.3, 0.4) is 0 Å². The second-order valence-electron chi connectivity index (χ2n) is 4.43. The highest BCUT2D eigenvalue weighted by Crippen LogP contribution is 2.22. The Hall–Kier alpha value is -1.13. The zero-order valence-electron chi connectivity index (χ0n) is 11.1. The number of hydrogen-bond donors (Lipinski definition) is 1. The van der Waals surface area contributed by atoms with E-state index in [9.17, 15) is 5.11 Å². The van der Waals surface area contributed by atoms with Crippen LogP contribution < -0.4 is 4.90 Å². The molecule has 4 nitrogen and oxygen atoms in total. The molecule has 96 valence electrons. The fourth-order valence-corrected chi connectivity index (χ4v) is 1.59. The van der Waals surface area contributed by atoms with Gasteiger partial charge in [-0.3, -0.25) is 0 Å². The summed E-state index contributed by atoms with van der Waals surface area (Å²) < 4.78 is 5.50. The molecule has 1 heterocycles. The van der Waals surface area contributed by atoms with Gasteiger partial charge in [0.1, 0.15) is 5.82 Å². The first-order valence-electron chi connectivity index (χ1n) is 5.98. The van der Waals surface area contributed by atoms with Crippen molar-refractivity contribution in [1.82, 2.24) is 4.98 Å². The number of aliphatic hydroxyl groups excluding tert-OH is 1. The maximum absolute atomic E-state index is 9.67. The lowest BCUT2D eigenvalue weighted by molar-refractivity contribution is 0.0844. The quantitative estimate of drug-likeness (QED) is 0.823. The molecule has 0 aliphatic heterocycles. The minimum atomic E-state index is -0.507. The number of anilines is 1. The van der Waals surface area contributed by atoms with Gasteiger partial charge in [0.15, 0.2) is 0 Å². The number of aromatic nitrogens is 1. The third-order valence-electron chi connectivity index (χ3n) is 2.51. The summed E-state index contributed by atoms with van der Waals surface area (Å²) >= 11 is 0. The lowest BCUT2D eigenvalue weighted by Crippen LogP contribution is -2.26. The number of rotatable bonds is 6. The molecule has 0 saturated heterocycles. The Labute approximate surface area is 103 Å². The third kappa shape index (κ3) is 4.32. The zero-order chi connectivity index (χ0) is 12.8. The smallest absolute Gasteiger partial charge is 0.134 e. The number of pyridine rings is 1. The average Bonchev–Trinajstić information content (AvgIpc) is 2.28. The molecule has 1 aromatic heterocycles. The summed E-state index contributed by atoms with van der Waals surface area (Å²) in [5, 5.41) is 9.67. The van der Waals surface area contributed by atoms with Crippen LogP contribution in [0.15, 0.2) is 18.3 Å². The van der Waals surface area contributed by atoms with Crippen LogP contribution in [0, 0.1) is 0 Å². The van der Waals surface area contributed by atoms with E-state index in [1.54, 1.807) is 13.1 Å². The molecule has 0 saturated carbocycles. The van der Waals surface area contributed by atoms with Gasteiger partial charge in [-0.25, -0.2) is 4.98 Å². The van der Waals surface area contributed by atoms with E-state index in [0.29, 0.717) is 6.61 Å². The standard InChI is InChI=1S/C13H22N2O2/c1-10(2)17-9-8-15(4)13-12(11(3)16)6-5-7-14-13/h5-7,10-11,16H,8-9H2,1-4H3. The van der Waals surface area contributed by atoms with Gasteiger partial charge in [-0.1, -0.05) is 6.07 Å². The molecule has 0 radical (unpaired) electrons. The van der Waals surface area contributed by atoms with E-state index in [0.717, 1.165) is 17.9 Å². The summed E-state index contributed by atoms with van der Waals surface area (Å²) in [4.78, 5) is 6.31. The van der Waals surface area contributed by atoms with Gasteiger partial charge in [0.25, 0.3) is 0 Å². The Balaban J connectivity index is 2.65. The van der Waals surface area contributed by atoms with E-state index in [-0.39, 0.29) is 6.10 Å². The van der Waals surface area contributed by atoms with Gasteiger partial charge in [0.05, 0.1) is 18.8 Å². The monoisotopic (exact) mass is 238 g/mol. The van der Waals surface area contributed by atoms with Crippen molar-refractivity contribution in [2.24, 2.45) is 0 Å². The van der Waals surface area contributed by atoms with E-state index in [1.807, 2.05) is 37.9 Å². The number of likely N-dealkylation sites (N-methyl/N-ethyl adjacent to an activating group) is 1. The van der Waals surface area contributed by atoms with Crippen molar-refractivity contribution < 1.29 is 9.84 Å². The summed E-state index contributed by atoms with van der Waals surface area (Å²) in [6.45, 7) is 7.20.